The topological polar surface area (TPSA) is 109 Å². The molecule has 0 unspecified atom stereocenters. The summed E-state index contributed by atoms with van der Waals surface area (Å²) in [6.07, 6.45) is 1.76. The van der Waals surface area contributed by atoms with Gasteiger partial charge in [-0.1, -0.05) is 31.1 Å². The molecule has 0 saturated carbocycles. The van der Waals surface area contributed by atoms with Gasteiger partial charge in [-0.3, -0.25) is 0 Å². The van der Waals surface area contributed by atoms with E-state index in [9.17, 15) is 0 Å². The molecule has 0 radical (unpaired) electrons. The second kappa shape index (κ2) is 10.8. The van der Waals surface area contributed by atoms with E-state index in [4.69, 9.17) is 16.3 Å². The molecule has 1 saturated heterocycles. The smallest absolute Gasteiger partial charge is 0.222 e. The number of anilines is 4. The van der Waals surface area contributed by atoms with E-state index < -0.39 is 0 Å². The van der Waals surface area contributed by atoms with E-state index in [1.165, 1.54) is 5.69 Å². The fourth-order valence-corrected chi connectivity index (χ4v) is 3.82. The van der Waals surface area contributed by atoms with Gasteiger partial charge in [-0.05, 0) is 37.7 Å². The zero-order valence-corrected chi connectivity index (χ0v) is 18.8. The second-order valence-corrected chi connectivity index (χ2v) is 7.56. The van der Waals surface area contributed by atoms with Crippen molar-refractivity contribution in [2.24, 2.45) is 5.16 Å². The van der Waals surface area contributed by atoms with Crippen molar-refractivity contribution in [3.8, 4) is 0 Å². The standard InChI is InChI=1S/C22H34N8O/c1-4-28(5-2)14-15-31-25-16-18-6-8-19(9-7-18)29-10-12-30(13-11-29)20-17(3)26-22(24)27-21(20)23/h6-9,16H,4-5,10-15H2,1-3H3,(H4,23,24,26,27)/b25-16+. The molecule has 0 bridgehead atoms. The Hall–Kier alpha value is -3.07. The monoisotopic (exact) mass is 426 g/mol. The number of aromatic nitrogens is 2. The van der Waals surface area contributed by atoms with Crippen LogP contribution in [-0.2, 0) is 4.84 Å². The van der Waals surface area contributed by atoms with Crippen LogP contribution in [0.3, 0.4) is 0 Å². The minimum absolute atomic E-state index is 0.218. The summed E-state index contributed by atoms with van der Waals surface area (Å²) in [6, 6.07) is 8.38. The Labute approximate surface area is 184 Å². The van der Waals surface area contributed by atoms with Crippen molar-refractivity contribution in [3.05, 3.63) is 35.5 Å². The first-order valence-electron chi connectivity index (χ1n) is 10.9. The maximum absolute atomic E-state index is 6.09. The summed E-state index contributed by atoms with van der Waals surface area (Å²) in [6.45, 7) is 13.3. The van der Waals surface area contributed by atoms with Gasteiger partial charge in [0.2, 0.25) is 5.95 Å². The van der Waals surface area contributed by atoms with Crippen LogP contribution in [0.4, 0.5) is 23.1 Å². The van der Waals surface area contributed by atoms with Gasteiger partial charge in [-0.15, -0.1) is 0 Å². The molecular formula is C22H34N8O. The average molecular weight is 427 g/mol. The molecule has 2 heterocycles. The van der Waals surface area contributed by atoms with Gasteiger partial charge in [0.25, 0.3) is 0 Å². The van der Waals surface area contributed by atoms with Crippen LogP contribution in [0.15, 0.2) is 29.4 Å². The van der Waals surface area contributed by atoms with Crippen LogP contribution in [0, 0.1) is 6.92 Å². The predicted molar refractivity (Wildman–Crippen MR) is 128 cm³/mol. The number of nitrogen functional groups attached to an aromatic ring is 2. The molecule has 9 heteroatoms. The molecule has 0 spiro atoms. The maximum atomic E-state index is 6.09. The van der Waals surface area contributed by atoms with Gasteiger partial charge in [-0.2, -0.15) is 4.98 Å². The summed E-state index contributed by atoms with van der Waals surface area (Å²) in [7, 11) is 0. The number of likely N-dealkylation sites (N-methyl/N-ethyl adjacent to an activating group) is 1. The van der Waals surface area contributed by atoms with E-state index >= 15 is 0 Å². The summed E-state index contributed by atoms with van der Waals surface area (Å²) < 4.78 is 0. The molecular weight excluding hydrogens is 392 g/mol. The summed E-state index contributed by atoms with van der Waals surface area (Å²) in [5.41, 5.74) is 15.7. The van der Waals surface area contributed by atoms with Crippen LogP contribution in [0.25, 0.3) is 0 Å². The van der Waals surface area contributed by atoms with Crippen LogP contribution >= 0.6 is 0 Å². The van der Waals surface area contributed by atoms with Crippen molar-refractivity contribution in [3.63, 3.8) is 0 Å². The molecule has 9 nitrogen and oxygen atoms in total. The van der Waals surface area contributed by atoms with Crippen LogP contribution in [0.5, 0.6) is 0 Å². The molecule has 1 fully saturated rings. The number of oxime groups is 1. The minimum Gasteiger partial charge on any atom is -0.394 e. The summed E-state index contributed by atoms with van der Waals surface area (Å²) in [5.74, 6) is 0.664. The lowest BCUT2D eigenvalue weighted by Crippen LogP contribution is -2.47. The van der Waals surface area contributed by atoms with Crippen molar-refractivity contribution in [1.29, 1.82) is 0 Å². The van der Waals surface area contributed by atoms with Gasteiger partial charge in [0.05, 0.1) is 11.9 Å². The summed E-state index contributed by atoms with van der Waals surface area (Å²) in [5, 5.41) is 4.09. The number of benzene rings is 1. The number of nitrogens with zero attached hydrogens (tertiary/aromatic N) is 6. The van der Waals surface area contributed by atoms with E-state index in [0.29, 0.717) is 12.4 Å². The van der Waals surface area contributed by atoms with E-state index in [-0.39, 0.29) is 5.95 Å². The van der Waals surface area contributed by atoms with Crippen LogP contribution in [0.2, 0.25) is 0 Å². The fourth-order valence-electron chi connectivity index (χ4n) is 3.82. The van der Waals surface area contributed by atoms with Crippen molar-refractivity contribution < 1.29 is 4.84 Å². The summed E-state index contributed by atoms with van der Waals surface area (Å²) in [4.78, 5) is 20.7. The SMILES string of the molecule is CCN(CC)CCO/N=C/c1ccc(N2CCN(c3c(C)nc(N)nc3N)CC2)cc1. The predicted octanol–water partition coefficient (Wildman–Crippen LogP) is 1.97. The number of hydrogen-bond acceptors (Lipinski definition) is 9. The van der Waals surface area contributed by atoms with Gasteiger partial charge in [0, 0.05) is 38.4 Å². The van der Waals surface area contributed by atoms with Crippen molar-refractivity contribution in [1.82, 2.24) is 14.9 Å². The Bertz CT molecular complexity index is 835. The largest absolute Gasteiger partial charge is 0.394 e. The Balaban J connectivity index is 1.50. The average Bonchev–Trinajstić information content (AvgIpc) is 2.76. The highest BCUT2D eigenvalue weighted by Crippen LogP contribution is 2.27. The van der Waals surface area contributed by atoms with Gasteiger partial charge in [0.1, 0.15) is 12.3 Å². The quantitative estimate of drug-likeness (QED) is 0.356. The number of hydrogen-bond donors (Lipinski definition) is 2. The van der Waals surface area contributed by atoms with E-state index in [2.05, 4.69) is 67.9 Å². The van der Waals surface area contributed by atoms with Gasteiger partial charge in [0.15, 0.2) is 5.82 Å². The van der Waals surface area contributed by atoms with Crippen molar-refractivity contribution in [2.45, 2.75) is 20.8 Å². The number of aryl methyl sites for hydroxylation is 1. The molecule has 0 atom stereocenters. The fraction of sp³-hybridized carbons (Fsp3) is 0.500. The number of nitrogens with two attached hydrogens (primary N) is 2. The van der Waals surface area contributed by atoms with Gasteiger partial charge in [-0.25, -0.2) is 4.98 Å². The molecule has 0 aliphatic carbocycles. The third-order valence-electron chi connectivity index (χ3n) is 5.63. The first-order valence-corrected chi connectivity index (χ1v) is 10.9. The molecule has 2 aromatic rings. The van der Waals surface area contributed by atoms with Gasteiger partial charge >= 0.3 is 0 Å². The molecule has 1 aliphatic rings. The number of piperazine rings is 1. The molecule has 31 heavy (non-hydrogen) atoms. The highest BCUT2D eigenvalue weighted by atomic mass is 16.6. The molecule has 3 rings (SSSR count). The van der Waals surface area contributed by atoms with Crippen LogP contribution in [0.1, 0.15) is 25.1 Å². The van der Waals surface area contributed by atoms with Crippen LogP contribution < -0.4 is 21.3 Å². The highest BCUT2D eigenvalue weighted by molar-refractivity contribution is 5.80. The zero-order chi connectivity index (χ0) is 22.2. The maximum Gasteiger partial charge on any atom is 0.222 e. The van der Waals surface area contributed by atoms with Crippen molar-refractivity contribution in [2.75, 3.05) is 73.7 Å². The second-order valence-electron chi connectivity index (χ2n) is 7.56. The van der Waals surface area contributed by atoms with Crippen molar-refractivity contribution >= 4 is 29.4 Å². The normalized spacial score (nSPS) is 14.6. The van der Waals surface area contributed by atoms with E-state index in [1.54, 1.807) is 6.21 Å². The zero-order valence-electron chi connectivity index (χ0n) is 18.8. The lowest BCUT2D eigenvalue weighted by Gasteiger charge is -2.38. The minimum atomic E-state index is 0.218. The Kier molecular flexibility index (Phi) is 7.88. The lowest BCUT2D eigenvalue weighted by atomic mass is 10.2. The van der Waals surface area contributed by atoms with E-state index in [1.807, 2.05) is 6.92 Å². The molecule has 1 aromatic heterocycles. The summed E-state index contributed by atoms with van der Waals surface area (Å²) >= 11 is 0. The van der Waals surface area contributed by atoms with E-state index in [0.717, 1.165) is 62.8 Å². The third kappa shape index (κ3) is 5.97. The Morgan fingerprint density at radius 1 is 1.03 bits per heavy atom. The Morgan fingerprint density at radius 2 is 1.68 bits per heavy atom. The molecule has 0 amide bonds. The third-order valence-corrected chi connectivity index (χ3v) is 5.63. The Morgan fingerprint density at radius 3 is 2.29 bits per heavy atom. The van der Waals surface area contributed by atoms with Crippen LogP contribution in [-0.4, -0.2) is 73.5 Å². The molecule has 168 valence electrons. The molecule has 1 aromatic carbocycles. The van der Waals surface area contributed by atoms with Gasteiger partial charge < -0.3 is 31.0 Å². The first kappa shape index (κ1) is 22.6. The lowest BCUT2D eigenvalue weighted by molar-refractivity contribution is 0.115. The first-order chi connectivity index (χ1) is 15.0. The molecule has 4 N–H and O–H groups in total. The highest BCUT2D eigenvalue weighted by Gasteiger charge is 2.22. The number of rotatable bonds is 9. The molecule has 1 aliphatic heterocycles.